The number of benzene rings is 2. The summed E-state index contributed by atoms with van der Waals surface area (Å²) in [6.07, 6.45) is -2.47. The van der Waals surface area contributed by atoms with Crippen molar-refractivity contribution in [1.29, 1.82) is 0 Å². The smallest absolute Gasteiger partial charge is 0.416 e. The molecule has 45 heavy (non-hydrogen) atoms. The average molecular weight is 648 g/mol. The highest BCUT2D eigenvalue weighted by molar-refractivity contribution is 7.92. The quantitative estimate of drug-likeness (QED) is 0.254. The van der Waals surface area contributed by atoms with Gasteiger partial charge in [-0.25, -0.2) is 22.8 Å². The van der Waals surface area contributed by atoms with Gasteiger partial charge >= 0.3 is 12.1 Å². The minimum Gasteiger partial charge on any atom is -0.481 e. The molecular weight excluding hydrogens is 618 g/mol. The fourth-order valence-electron chi connectivity index (χ4n) is 5.77. The number of nitrogens with one attached hydrogen (secondary N) is 1. The molecule has 1 aliphatic rings. The molecule has 238 valence electrons. The second-order valence-electron chi connectivity index (χ2n) is 11.0. The van der Waals surface area contributed by atoms with Gasteiger partial charge in [-0.1, -0.05) is 18.6 Å². The first-order valence-corrected chi connectivity index (χ1v) is 15.3. The lowest BCUT2D eigenvalue weighted by Gasteiger charge is -2.35. The van der Waals surface area contributed by atoms with Crippen molar-refractivity contribution in [2.75, 3.05) is 16.7 Å². The molecule has 3 atom stereocenters. The monoisotopic (exact) mass is 647 g/mol. The van der Waals surface area contributed by atoms with Crippen LogP contribution in [-0.4, -0.2) is 47.0 Å². The molecule has 5 rings (SSSR count). The predicted octanol–water partition coefficient (Wildman–Crippen LogP) is 5.48. The maximum absolute atomic E-state index is 14.4. The second kappa shape index (κ2) is 11.8. The van der Waals surface area contributed by atoms with Gasteiger partial charge in [0.2, 0.25) is 5.91 Å². The molecule has 0 unspecified atom stereocenters. The molecule has 2 aromatic heterocycles. The van der Waals surface area contributed by atoms with Crippen LogP contribution in [0.3, 0.4) is 0 Å². The van der Waals surface area contributed by atoms with Gasteiger partial charge in [0.15, 0.2) is 5.65 Å². The molecule has 2 aromatic carbocycles. The van der Waals surface area contributed by atoms with E-state index < -0.39 is 62.9 Å². The highest BCUT2D eigenvalue weighted by Gasteiger charge is 2.43. The van der Waals surface area contributed by atoms with Crippen molar-refractivity contribution >= 4 is 44.4 Å². The molecule has 0 saturated heterocycles. The largest absolute Gasteiger partial charge is 0.481 e. The number of aliphatic carboxylic acids is 1. The van der Waals surface area contributed by atoms with Crippen LogP contribution >= 0.6 is 0 Å². The van der Waals surface area contributed by atoms with Gasteiger partial charge in [0.1, 0.15) is 22.1 Å². The zero-order chi connectivity index (χ0) is 32.8. The van der Waals surface area contributed by atoms with Gasteiger partial charge in [-0.05, 0) is 67.6 Å². The number of carboxylic acid groups (broad SMARTS) is 1. The zero-order valence-electron chi connectivity index (χ0n) is 24.3. The van der Waals surface area contributed by atoms with E-state index in [2.05, 4.69) is 15.3 Å². The number of anilines is 2. The van der Waals surface area contributed by atoms with Crippen LogP contribution < -0.4 is 9.62 Å². The summed E-state index contributed by atoms with van der Waals surface area (Å²) in [5.74, 6) is -5.65. The first-order valence-electron chi connectivity index (χ1n) is 13.9. The molecule has 1 aliphatic carbocycles. The van der Waals surface area contributed by atoms with Gasteiger partial charge in [0.05, 0.1) is 35.0 Å². The van der Waals surface area contributed by atoms with Gasteiger partial charge in [0.25, 0.3) is 10.0 Å². The number of amides is 1. The number of carbonyl (C=O) groups excluding carboxylic acids is 1. The lowest BCUT2D eigenvalue weighted by atomic mass is 9.69. The minimum absolute atomic E-state index is 0.0590. The number of carbonyl (C=O) groups is 2. The van der Waals surface area contributed by atoms with Crippen LogP contribution in [0.4, 0.5) is 28.9 Å². The lowest BCUT2D eigenvalue weighted by Crippen LogP contribution is -2.40. The van der Waals surface area contributed by atoms with Crippen LogP contribution in [0.5, 0.6) is 0 Å². The molecule has 2 heterocycles. The maximum atomic E-state index is 14.4. The molecular formula is C30H29F4N5O5S. The summed E-state index contributed by atoms with van der Waals surface area (Å²) in [5.41, 5.74) is 0.113. The van der Waals surface area contributed by atoms with E-state index in [4.69, 9.17) is 0 Å². The molecule has 0 radical (unpaired) electrons. The van der Waals surface area contributed by atoms with E-state index in [1.54, 1.807) is 30.7 Å². The summed E-state index contributed by atoms with van der Waals surface area (Å²) < 4.78 is 82.7. The van der Waals surface area contributed by atoms with Crippen molar-refractivity contribution in [2.45, 2.75) is 43.2 Å². The van der Waals surface area contributed by atoms with Crippen LogP contribution in [-0.2, 0) is 32.8 Å². The molecule has 0 bridgehead atoms. The average Bonchev–Trinajstić information content (AvgIpc) is 3.28. The minimum atomic E-state index is -4.77. The standard InChI is InChI=1S/C30H29F4N5O5S/c1-16-36-25-14-20(15-35-27(25)38(16)2)45(43,44)39(3)19-10-7-17(8-11-19)21-5-4-6-22(26(21)29(41)42)28(40)37-24-12-9-18(13-23(24)31)30(32,33)34/h7-15,21-22,26H,4-6H2,1-3H3,(H,37,40)(H,41,42)/t21-,22-,26-/m1/s1. The number of hydrogen-bond acceptors (Lipinski definition) is 6. The Kier molecular flexibility index (Phi) is 8.33. The number of fused-ring (bicyclic) bond motifs is 1. The van der Waals surface area contributed by atoms with E-state index in [-0.39, 0.29) is 17.4 Å². The summed E-state index contributed by atoms with van der Waals surface area (Å²) in [6, 6.07) is 9.39. The molecule has 0 aliphatic heterocycles. The summed E-state index contributed by atoms with van der Waals surface area (Å²) in [7, 11) is -0.885. The number of alkyl halides is 3. The Morgan fingerprint density at radius 2 is 1.78 bits per heavy atom. The number of rotatable bonds is 7. The Balaban J connectivity index is 1.35. The molecule has 1 amide bonds. The fourth-order valence-corrected chi connectivity index (χ4v) is 6.93. The van der Waals surface area contributed by atoms with Gasteiger partial charge in [-0.3, -0.25) is 13.9 Å². The van der Waals surface area contributed by atoms with Crippen LogP contribution in [0, 0.1) is 24.6 Å². The number of hydrogen-bond donors (Lipinski definition) is 2. The topological polar surface area (TPSA) is 134 Å². The number of aromatic nitrogens is 3. The van der Waals surface area contributed by atoms with Crippen molar-refractivity contribution in [1.82, 2.24) is 14.5 Å². The first kappa shape index (κ1) is 31.9. The highest BCUT2D eigenvalue weighted by atomic mass is 32.2. The Bertz CT molecular complexity index is 1890. The molecule has 15 heteroatoms. The zero-order valence-corrected chi connectivity index (χ0v) is 25.2. The van der Waals surface area contributed by atoms with E-state index in [0.717, 1.165) is 10.4 Å². The molecule has 2 N–H and O–H groups in total. The van der Waals surface area contributed by atoms with Crippen molar-refractivity contribution in [3.8, 4) is 0 Å². The van der Waals surface area contributed by atoms with Crippen LogP contribution in [0.25, 0.3) is 11.2 Å². The van der Waals surface area contributed by atoms with Crippen LogP contribution in [0.2, 0.25) is 0 Å². The van der Waals surface area contributed by atoms with Crippen LogP contribution in [0.15, 0.2) is 59.6 Å². The Morgan fingerprint density at radius 3 is 2.40 bits per heavy atom. The third kappa shape index (κ3) is 6.08. The van der Waals surface area contributed by atoms with E-state index in [1.165, 1.54) is 31.4 Å². The second-order valence-corrected chi connectivity index (χ2v) is 13.0. The number of sulfonamides is 1. The number of nitrogens with zero attached hydrogens (tertiary/aromatic N) is 4. The molecule has 4 aromatic rings. The highest BCUT2D eigenvalue weighted by Crippen LogP contribution is 2.43. The first-order chi connectivity index (χ1) is 21.1. The van der Waals surface area contributed by atoms with E-state index in [1.807, 2.05) is 0 Å². The van der Waals surface area contributed by atoms with Crippen molar-refractivity contribution in [3.05, 3.63) is 77.5 Å². The molecule has 0 spiro atoms. The Hall–Kier alpha value is -4.53. The Morgan fingerprint density at radius 1 is 1.09 bits per heavy atom. The van der Waals surface area contributed by atoms with Gasteiger partial charge < -0.3 is 15.0 Å². The number of aryl methyl sites for hydroxylation is 2. The van der Waals surface area contributed by atoms with Gasteiger partial charge in [-0.15, -0.1) is 0 Å². The predicted molar refractivity (Wildman–Crippen MR) is 157 cm³/mol. The van der Waals surface area contributed by atoms with Crippen molar-refractivity contribution < 1.29 is 40.7 Å². The third-order valence-electron chi connectivity index (χ3n) is 8.32. The lowest BCUT2D eigenvalue weighted by molar-refractivity contribution is -0.148. The third-order valence-corrected chi connectivity index (χ3v) is 10.1. The summed E-state index contributed by atoms with van der Waals surface area (Å²) in [5, 5.41) is 12.4. The van der Waals surface area contributed by atoms with E-state index in [9.17, 15) is 40.7 Å². The molecule has 10 nitrogen and oxygen atoms in total. The maximum Gasteiger partial charge on any atom is 0.416 e. The molecule has 1 fully saturated rings. The normalized spacial score (nSPS) is 19.0. The summed E-state index contributed by atoms with van der Waals surface area (Å²) in [4.78, 5) is 34.1. The van der Waals surface area contributed by atoms with Crippen molar-refractivity contribution in [2.24, 2.45) is 18.9 Å². The molecule has 1 saturated carbocycles. The summed E-state index contributed by atoms with van der Waals surface area (Å²) in [6.45, 7) is 1.78. The number of carboxylic acids is 1. The van der Waals surface area contributed by atoms with E-state index in [0.29, 0.717) is 47.1 Å². The number of halogens is 4. The number of pyridine rings is 1. The SMILES string of the molecule is Cc1nc2cc(S(=O)(=O)N(C)c3ccc([C@H]4CCC[C@@H](C(=O)Nc5ccc(C(F)(F)F)cc5F)[C@@H]4C(=O)O)cc3)cnc2n1C. The van der Waals surface area contributed by atoms with Gasteiger partial charge in [0, 0.05) is 14.1 Å². The van der Waals surface area contributed by atoms with Crippen molar-refractivity contribution in [3.63, 3.8) is 0 Å². The number of imidazole rings is 1. The van der Waals surface area contributed by atoms with Gasteiger partial charge in [-0.2, -0.15) is 13.2 Å². The summed E-state index contributed by atoms with van der Waals surface area (Å²) >= 11 is 0. The van der Waals surface area contributed by atoms with E-state index >= 15 is 0 Å². The fraction of sp³-hybridized carbons (Fsp3) is 0.333. The van der Waals surface area contributed by atoms with Crippen LogP contribution in [0.1, 0.15) is 42.1 Å². The Labute approximate surface area is 255 Å².